The van der Waals surface area contributed by atoms with E-state index in [0.717, 1.165) is 0 Å². The lowest BCUT2D eigenvalue weighted by Gasteiger charge is -2.10. The summed E-state index contributed by atoms with van der Waals surface area (Å²) in [6.07, 6.45) is 0.282. The maximum Gasteiger partial charge on any atom is 0.231 e. The highest BCUT2D eigenvalue weighted by atomic mass is 16.7. The Bertz CT molecular complexity index is 414. The fraction of sp³-hybridized carbons (Fsp3) is 0.364. The molecule has 0 radical (unpaired) electrons. The summed E-state index contributed by atoms with van der Waals surface area (Å²) in [4.78, 5) is 0. The SMILES string of the molecule is N#CCC(N)COc1ccc2c(c1)OCO2. The van der Waals surface area contributed by atoms with Crippen molar-refractivity contribution in [1.82, 2.24) is 0 Å². The molecule has 1 aliphatic rings. The summed E-state index contributed by atoms with van der Waals surface area (Å²) in [5.74, 6) is 2.05. The van der Waals surface area contributed by atoms with E-state index < -0.39 is 0 Å². The summed E-state index contributed by atoms with van der Waals surface area (Å²) in [6.45, 7) is 0.555. The summed E-state index contributed by atoms with van der Waals surface area (Å²) in [5.41, 5.74) is 5.64. The summed E-state index contributed by atoms with van der Waals surface area (Å²) in [6, 6.07) is 7.05. The van der Waals surface area contributed by atoms with Crippen molar-refractivity contribution in [2.75, 3.05) is 13.4 Å². The highest BCUT2D eigenvalue weighted by molar-refractivity contribution is 5.46. The van der Waals surface area contributed by atoms with E-state index in [1.54, 1.807) is 18.2 Å². The molecule has 0 spiro atoms. The second-order valence-electron chi connectivity index (χ2n) is 3.45. The van der Waals surface area contributed by atoms with Crippen LogP contribution in [0.3, 0.4) is 0 Å². The summed E-state index contributed by atoms with van der Waals surface area (Å²) in [7, 11) is 0. The Kier molecular flexibility index (Phi) is 3.13. The average Bonchev–Trinajstić information content (AvgIpc) is 2.74. The van der Waals surface area contributed by atoms with Gasteiger partial charge in [0, 0.05) is 6.07 Å². The van der Waals surface area contributed by atoms with Crippen molar-refractivity contribution < 1.29 is 14.2 Å². The zero-order valence-corrected chi connectivity index (χ0v) is 8.68. The van der Waals surface area contributed by atoms with Crippen LogP contribution in [0.1, 0.15) is 6.42 Å². The zero-order valence-electron chi connectivity index (χ0n) is 8.68. The average molecular weight is 220 g/mol. The van der Waals surface area contributed by atoms with E-state index in [2.05, 4.69) is 0 Å². The fourth-order valence-electron chi connectivity index (χ4n) is 1.35. The lowest BCUT2D eigenvalue weighted by molar-refractivity contribution is 0.173. The molecule has 0 saturated heterocycles. The second kappa shape index (κ2) is 4.73. The Hall–Kier alpha value is -1.93. The number of nitrogens with two attached hydrogens (primary N) is 1. The molecule has 5 heteroatoms. The first kappa shape index (κ1) is 10.6. The number of rotatable bonds is 4. The molecule has 2 N–H and O–H groups in total. The van der Waals surface area contributed by atoms with Crippen LogP contribution in [0.2, 0.25) is 0 Å². The molecule has 1 unspecified atom stereocenters. The van der Waals surface area contributed by atoms with E-state index >= 15 is 0 Å². The van der Waals surface area contributed by atoms with E-state index in [1.165, 1.54) is 0 Å². The molecule has 1 aromatic carbocycles. The van der Waals surface area contributed by atoms with Gasteiger partial charge in [0.05, 0.1) is 18.5 Å². The first-order valence-corrected chi connectivity index (χ1v) is 4.94. The number of fused-ring (bicyclic) bond motifs is 1. The second-order valence-corrected chi connectivity index (χ2v) is 3.45. The standard InChI is InChI=1S/C11H12N2O3/c12-4-3-8(13)6-14-9-1-2-10-11(5-9)16-7-15-10/h1-2,5,8H,3,6-7,13H2. The van der Waals surface area contributed by atoms with Crippen LogP contribution in [0.25, 0.3) is 0 Å². The Labute approximate surface area is 93.3 Å². The highest BCUT2D eigenvalue weighted by Crippen LogP contribution is 2.35. The predicted molar refractivity (Wildman–Crippen MR) is 56.3 cm³/mol. The van der Waals surface area contributed by atoms with Gasteiger partial charge in [-0.2, -0.15) is 5.26 Å². The van der Waals surface area contributed by atoms with Crippen LogP contribution in [-0.2, 0) is 0 Å². The molecule has 5 nitrogen and oxygen atoms in total. The van der Waals surface area contributed by atoms with Gasteiger partial charge in [-0.05, 0) is 12.1 Å². The Morgan fingerprint density at radius 3 is 3.06 bits per heavy atom. The van der Waals surface area contributed by atoms with Crippen molar-refractivity contribution in [1.29, 1.82) is 5.26 Å². The number of nitrogens with zero attached hydrogens (tertiary/aromatic N) is 1. The van der Waals surface area contributed by atoms with E-state index in [-0.39, 0.29) is 19.3 Å². The van der Waals surface area contributed by atoms with Gasteiger partial charge in [-0.15, -0.1) is 0 Å². The molecule has 0 aromatic heterocycles. The maximum absolute atomic E-state index is 8.44. The largest absolute Gasteiger partial charge is 0.492 e. The molecule has 84 valence electrons. The van der Waals surface area contributed by atoms with Crippen LogP contribution in [0.5, 0.6) is 17.2 Å². The quantitative estimate of drug-likeness (QED) is 0.820. The third kappa shape index (κ3) is 2.35. The molecular weight excluding hydrogens is 208 g/mol. The van der Waals surface area contributed by atoms with E-state index in [0.29, 0.717) is 23.9 Å². The van der Waals surface area contributed by atoms with Gasteiger partial charge >= 0.3 is 0 Å². The topological polar surface area (TPSA) is 77.5 Å². The minimum absolute atomic E-state index is 0.243. The molecule has 2 rings (SSSR count). The van der Waals surface area contributed by atoms with Crippen molar-refractivity contribution in [2.45, 2.75) is 12.5 Å². The number of nitriles is 1. The third-order valence-electron chi connectivity index (χ3n) is 2.16. The summed E-state index contributed by atoms with van der Waals surface area (Å²) < 4.78 is 15.8. The minimum Gasteiger partial charge on any atom is -0.492 e. The van der Waals surface area contributed by atoms with Crippen molar-refractivity contribution in [3.8, 4) is 23.3 Å². The Balaban J connectivity index is 1.93. The van der Waals surface area contributed by atoms with E-state index in [4.69, 9.17) is 25.2 Å². The van der Waals surface area contributed by atoms with Gasteiger partial charge in [-0.1, -0.05) is 0 Å². The van der Waals surface area contributed by atoms with E-state index in [9.17, 15) is 0 Å². The molecule has 0 saturated carbocycles. The van der Waals surface area contributed by atoms with Crippen LogP contribution in [0.15, 0.2) is 18.2 Å². The van der Waals surface area contributed by atoms with Gasteiger partial charge in [0.15, 0.2) is 11.5 Å². The lowest BCUT2D eigenvalue weighted by Crippen LogP contribution is -2.27. The number of hydrogen-bond donors (Lipinski definition) is 1. The molecule has 0 fully saturated rings. The summed E-state index contributed by atoms with van der Waals surface area (Å²) >= 11 is 0. The first-order chi connectivity index (χ1) is 7.79. The van der Waals surface area contributed by atoms with Gasteiger partial charge in [-0.25, -0.2) is 0 Å². The first-order valence-electron chi connectivity index (χ1n) is 4.94. The van der Waals surface area contributed by atoms with Crippen molar-refractivity contribution in [3.63, 3.8) is 0 Å². The molecule has 1 heterocycles. The predicted octanol–water partition coefficient (Wildman–Crippen LogP) is 1.04. The molecule has 0 amide bonds. The molecule has 0 aliphatic carbocycles. The van der Waals surface area contributed by atoms with Crippen molar-refractivity contribution in [3.05, 3.63) is 18.2 Å². The number of benzene rings is 1. The molecule has 1 atom stereocenters. The maximum atomic E-state index is 8.44. The monoisotopic (exact) mass is 220 g/mol. The minimum atomic E-state index is -0.268. The van der Waals surface area contributed by atoms with Crippen LogP contribution >= 0.6 is 0 Å². The van der Waals surface area contributed by atoms with Crippen LogP contribution < -0.4 is 19.9 Å². The van der Waals surface area contributed by atoms with Crippen molar-refractivity contribution in [2.24, 2.45) is 5.73 Å². The van der Waals surface area contributed by atoms with Crippen molar-refractivity contribution >= 4 is 0 Å². The summed E-state index contributed by atoms with van der Waals surface area (Å²) in [5, 5.41) is 8.44. The molecule has 1 aromatic rings. The third-order valence-corrected chi connectivity index (χ3v) is 2.16. The lowest BCUT2D eigenvalue weighted by atomic mass is 10.2. The van der Waals surface area contributed by atoms with Crippen LogP contribution in [-0.4, -0.2) is 19.4 Å². The Morgan fingerprint density at radius 2 is 2.25 bits per heavy atom. The molecule has 1 aliphatic heterocycles. The van der Waals surface area contributed by atoms with Gasteiger partial charge < -0.3 is 19.9 Å². The smallest absolute Gasteiger partial charge is 0.231 e. The normalized spacial score (nSPS) is 14.2. The highest BCUT2D eigenvalue weighted by Gasteiger charge is 2.14. The van der Waals surface area contributed by atoms with Gasteiger partial charge in [0.25, 0.3) is 0 Å². The molecule has 0 bridgehead atoms. The molecular formula is C11H12N2O3. The van der Waals surface area contributed by atoms with Gasteiger partial charge in [0.1, 0.15) is 12.4 Å². The Morgan fingerprint density at radius 1 is 1.44 bits per heavy atom. The van der Waals surface area contributed by atoms with E-state index in [1.807, 2.05) is 6.07 Å². The number of hydrogen-bond acceptors (Lipinski definition) is 5. The number of ether oxygens (including phenoxy) is 3. The molecule has 16 heavy (non-hydrogen) atoms. The van der Waals surface area contributed by atoms with Gasteiger partial charge in [-0.3, -0.25) is 0 Å². The van der Waals surface area contributed by atoms with Crippen LogP contribution in [0, 0.1) is 11.3 Å². The van der Waals surface area contributed by atoms with Crippen LogP contribution in [0.4, 0.5) is 0 Å². The fourth-order valence-corrected chi connectivity index (χ4v) is 1.35. The zero-order chi connectivity index (χ0) is 11.4. The van der Waals surface area contributed by atoms with Gasteiger partial charge in [0.2, 0.25) is 6.79 Å².